The summed E-state index contributed by atoms with van der Waals surface area (Å²) in [6.45, 7) is 6.39. The fraction of sp³-hybridized carbons (Fsp3) is 0.500. The van der Waals surface area contributed by atoms with E-state index >= 15 is 0 Å². The van der Waals surface area contributed by atoms with Crippen LogP contribution in [0.15, 0.2) is 18.3 Å². The minimum Gasteiger partial charge on any atom is -0.465 e. The minimum atomic E-state index is -0.415. The predicted molar refractivity (Wildman–Crippen MR) is 76.6 cm³/mol. The van der Waals surface area contributed by atoms with Gasteiger partial charge in [-0.15, -0.1) is 0 Å². The van der Waals surface area contributed by atoms with Crippen LogP contribution in [0.3, 0.4) is 0 Å². The number of hydrogen-bond acceptors (Lipinski definition) is 4. The standard InChI is InChI=1S/C14H19ClN2O3/c1-4-20-13(18)9-17(8-10(2)3)14(19)11-5-6-16-12(15)7-11/h5-7,10H,4,8-9H2,1-3H3. The first kappa shape index (κ1) is 16.4. The fourth-order valence-electron chi connectivity index (χ4n) is 1.74. The first-order valence-corrected chi connectivity index (χ1v) is 6.88. The van der Waals surface area contributed by atoms with Gasteiger partial charge in [-0.1, -0.05) is 25.4 Å². The quantitative estimate of drug-likeness (QED) is 0.598. The Balaban J connectivity index is 2.86. The normalized spacial score (nSPS) is 10.4. The molecule has 0 spiro atoms. The molecule has 0 aromatic carbocycles. The monoisotopic (exact) mass is 298 g/mol. The van der Waals surface area contributed by atoms with Crippen LogP contribution in [-0.4, -0.2) is 41.5 Å². The number of aromatic nitrogens is 1. The summed E-state index contributed by atoms with van der Waals surface area (Å²) in [6, 6.07) is 3.06. The summed E-state index contributed by atoms with van der Waals surface area (Å²) in [5.41, 5.74) is 0.412. The van der Waals surface area contributed by atoms with Gasteiger partial charge in [0.2, 0.25) is 0 Å². The van der Waals surface area contributed by atoms with Crippen molar-refractivity contribution in [3.63, 3.8) is 0 Å². The molecule has 1 aromatic rings. The molecule has 5 nitrogen and oxygen atoms in total. The molecule has 0 aliphatic heterocycles. The fourth-order valence-corrected chi connectivity index (χ4v) is 1.91. The topological polar surface area (TPSA) is 59.5 Å². The first-order chi connectivity index (χ1) is 9.43. The van der Waals surface area contributed by atoms with Gasteiger partial charge in [0.05, 0.1) is 6.61 Å². The van der Waals surface area contributed by atoms with Gasteiger partial charge < -0.3 is 9.64 Å². The highest BCUT2D eigenvalue weighted by Crippen LogP contribution is 2.11. The number of hydrogen-bond donors (Lipinski definition) is 0. The average molecular weight is 299 g/mol. The summed E-state index contributed by atoms with van der Waals surface area (Å²) >= 11 is 5.78. The molecule has 20 heavy (non-hydrogen) atoms. The van der Waals surface area contributed by atoms with E-state index in [1.165, 1.54) is 17.2 Å². The van der Waals surface area contributed by atoms with Crippen molar-refractivity contribution in [3.8, 4) is 0 Å². The Hall–Kier alpha value is -1.62. The van der Waals surface area contributed by atoms with Crippen molar-refractivity contribution in [1.82, 2.24) is 9.88 Å². The van der Waals surface area contributed by atoms with Gasteiger partial charge in [0.15, 0.2) is 0 Å². The molecule has 1 rings (SSSR count). The van der Waals surface area contributed by atoms with Crippen molar-refractivity contribution < 1.29 is 14.3 Å². The molecular formula is C14H19ClN2O3. The van der Waals surface area contributed by atoms with E-state index in [1.54, 1.807) is 13.0 Å². The third-order valence-corrected chi connectivity index (χ3v) is 2.68. The van der Waals surface area contributed by atoms with Crippen molar-refractivity contribution in [2.75, 3.05) is 19.7 Å². The third-order valence-electron chi connectivity index (χ3n) is 2.47. The molecule has 6 heteroatoms. The number of nitrogens with zero attached hydrogens (tertiary/aromatic N) is 2. The lowest BCUT2D eigenvalue weighted by Crippen LogP contribution is -2.39. The molecule has 0 aliphatic carbocycles. The van der Waals surface area contributed by atoms with Gasteiger partial charge in [-0.2, -0.15) is 0 Å². The van der Waals surface area contributed by atoms with Crippen LogP contribution in [0.4, 0.5) is 0 Å². The van der Waals surface area contributed by atoms with Crippen LogP contribution in [0.2, 0.25) is 5.15 Å². The molecule has 0 saturated carbocycles. The van der Waals surface area contributed by atoms with Gasteiger partial charge in [0, 0.05) is 18.3 Å². The molecule has 0 saturated heterocycles. The van der Waals surface area contributed by atoms with Crippen molar-refractivity contribution in [2.24, 2.45) is 5.92 Å². The highest BCUT2D eigenvalue weighted by molar-refractivity contribution is 6.29. The van der Waals surface area contributed by atoms with Gasteiger partial charge >= 0.3 is 5.97 Å². The van der Waals surface area contributed by atoms with Crippen molar-refractivity contribution in [1.29, 1.82) is 0 Å². The largest absolute Gasteiger partial charge is 0.465 e. The number of esters is 1. The van der Waals surface area contributed by atoms with E-state index in [9.17, 15) is 9.59 Å². The Morgan fingerprint density at radius 1 is 1.45 bits per heavy atom. The van der Waals surface area contributed by atoms with Crippen LogP contribution >= 0.6 is 11.6 Å². The van der Waals surface area contributed by atoms with E-state index < -0.39 is 5.97 Å². The molecule has 110 valence electrons. The zero-order valence-corrected chi connectivity index (χ0v) is 12.7. The Bertz CT molecular complexity index is 477. The van der Waals surface area contributed by atoms with Crippen LogP contribution in [0.25, 0.3) is 0 Å². The molecule has 1 aromatic heterocycles. The molecule has 0 fully saturated rings. The maximum Gasteiger partial charge on any atom is 0.325 e. The van der Waals surface area contributed by atoms with Crippen LogP contribution in [0.1, 0.15) is 31.1 Å². The average Bonchev–Trinajstić information content (AvgIpc) is 2.37. The summed E-state index contributed by atoms with van der Waals surface area (Å²) in [7, 11) is 0. The predicted octanol–water partition coefficient (Wildman–Crippen LogP) is 2.40. The third kappa shape index (κ3) is 5.17. The first-order valence-electron chi connectivity index (χ1n) is 6.50. The van der Waals surface area contributed by atoms with E-state index in [4.69, 9.17) is 16.3 Å². The second kappa shape index (κ2) is 7.85. The Labute approximate surface area is 123 Å². The lowest BCUT2D eigenvalue weighted by atomic mass is 10.1. The smallest absolute Gasteiger partial charge is 0.325 e. The molecular weight excluding hydrogens is 280 g/mol. The number of ether oxygens (including phenoxy) is 1. The lowest BCUT2D eigenvalue weighted by molar-refractivity contribution is -0.143. The SMILES string of the molecule is CCOC(=O)CN(CC(C)C)C(=O)c1ccnc(Cl)c1. The molecule has 0 aliphatic rings. The highest BCUT2D eigenvalue weighted by atomic mass is 35.5. The number of carbonyl (C=O) groups excluding carboxylic acids is 2. The number of rotatable bonds is 6. The summed E-state index contributed by atoms with van der Waals surface area (Å²) < 4.78 is 4.89. The number of halogens is 1. The zero-order chi connectivity index (χ0) is 15.1. The van der Waals surface area contributed by atoms with Crippen molar-refractivity contribution in [2.45, 2.75) is 20.8 Å². The Morgan fingerprint density at radius 3 is 2.70 bits per heavy atom. The maximum absolute atomic E-state index is 12.4. The second-order valence-electron chi connectivity index (χ2n) is 4.75. The Morgan fingerprint density at radius 2 is 2.15 bits per heavy atom. The van der Waals surface area contributed by atoms with Crippen molar-refractivity contribution >= 4 is 23.5 Å². The van der Waals surface area contributed by atoms with E-state index in [1.807, 2.05) is 13.8 Å². The molecule has 0 atom stereocenters. The zero-order valence-electron chi connectivity index (χ0n) is 11.9. The van der Waals surface area contributed by atoms with Crippen LogP contribution < -0.4 is 0 Å². The number of amides is 1. The number of pyridine rings is 1. The van der Waals surface area contributed by atoms with Gasteiger partial charge in [0.25, 0.3) is 5.91 Å². The van der Waals surface area contributed by atoms with E-state index in [2.05, 4.69) is 4.98 Å². The van der Waals surface area contributed by atoms with Gasteiger partial charge in [0.1, 0.15) is 11.7 Å². The summed E-state index contributed by atoms with van der Waals surface area (Å²) in [4.78, 5) is 29.3. The highest BCUT2D eigenvalue weighted by Gasteiger charge is 2.20. The van der Waals surface area contributed by atoms with Gasteiger partial charge in [-0.25, -0.2) is 4.98 Å². The summed E-state index contributed by atoms with van der Waals surface area (Å²) in [5.74, 6) is -0.427. The van der Waals surface area contributed by atoms with Crippen LogP contribution in [-0.2, 0) is 9.53 Å². The van der Waals surface area contributed by atoms with E-state index in [0.29, 0.717) is 18.7 Å². The minimum absolute atomic E-state index is 0.0647. The van der Waals surface area contributed by atoms with E-state index in [0.717, 1.165) is 0 Å². The molecule has 0 unspecified atom stereocenters. The van der Waals surface area contributed by atoms with Crippen LogP contribution in [0.5, 0.6) is 0 Å². The molecule has 1 amide bonds. The Kier molecular flexibility index (Phi) is 6.45. The molecule has 0 bridgehead atoms. The van der Waals surface area contributed by atoms with Gasteiger partial charge in [-0.05, 0) is 25.0 Å². The van der Waals surface area contributed by atoms with Crippen LogP contribution in [0, 0.1) is 5.92 Å². The molecule has 0 radical (unpaired) electrons. The number of carbonyl (C=O) groups is 2. The molecule has 0 N–H and O–H groups in total. The maximum atomic E-state index is 12.4. The molecule has 1 heterocycles. The van der Waals surface area contributed by atoms with Gasteiger partial charge in [-0.3, -0.25) is 9.59 Å². The second-order valence-corrected chi connectivity index (χ2v) is 5.14. The summed E-state index contributed by atoms with van der Waals surface area (Å²) in [6.07, 6.45) is 1.47. The van der Waals surface area contributed by atoms with Crippen molar-refractivity contribution in [3.05, 3.63) is 29.0 Å². The lowest BCUT2D eigenvalue weighted by Gasteiger charge is -2.23. The summed E-state index contributed by atoms with van der Waals surface area (Å²) in [5, 5.41) is 0.247. The van der Waals surface area contributed by atoms with E-state index in [-0.39, 0.29) is 23.5 Å².